The predicted molar refractivity (Wildman–Crippen MR) is 107 cm³/mol. The molecule has 0 aliphatic rings. The Hall–Kier alpha value is -3.28. The standard InChI is InChI=1S/C22H25NO5/c1-4-8-16-11-12-18(19(13-16)27-3)28-14-20(24)23-21(15(2)22(25)26)17-9-6-5-7-10-17/h4-7,9-13,15,21H,1,8,14H2,2-3H3,(H,23,24)(H,25,26). The summed E-state index contributed by atoms with van der Waals surface area (Å²) in [4.78, 5) is 23.9. The Bertz CT molecular complexity index is 819. The van der Waals surface area contributed by atoms with Crippen molar-refractivity contribution in [3.8, 4) is 11.5 Å². The van der Waals surface area contributed by atoms with Gasteiger partial charge in [-0.3, -0.25) is 9.59 Å². The van der Waals surface area contributed by atoms with Crippen molar-refractivity contribution >= 4 is 11.9 Å². The van der Waals surface area contributed by atoms with Gasteiger partial charge in [-0.1, -0.05) is 42.5 Å². The number of allylic oxidation sites excluding steroid dienone is 1. The molecular weight excluding hydrogens is 358 g/mol. The van der Waals surface area contributed by atoms with Gasteiger partial charge in [0, 0.05) is 0 Å². The first-order chi connectivity index (χ1) is 13.5. The van der Waals surface area contributed by atoms with Crippen LogP contribution < -0.4 is 14.8 Å². The summed E-state index contributed by atoms with van der Waals surface area (Å²) in [6, 6.07) is 13.8. The van der Waals surface area contributed by atoms with Crippen molar-refractivity contribution in [3.05, 3.63) is 72.3 Å². The van der Waals surface area contributed by atoms with Gasteiger partial charge in [0.15, 0.2) is 18.1 Å². The van der Waals surface area contributed by atoms with Gasteiger partial charge < -0.3 is 19.9 Å². The average molecular weight is 383 g/mol. The van der Waals surface area contributed by atoms with Crippen molar-refractivity contribution in [2.45, 2.75) is 19.4 Å². The molecule has 0 saturated carbocycles. The number of amides is 1. The van der Waals surface area contributed by atoms with Crippen LogP contribution >= 0.6 is 0 Å². The summed E-state index contributed by atoms with van der Waals surface area (Å²) in [5.74, 6) is -1.24. The number of carbonyl (C=O) groups excluding carboxylic acids is 1. The van der Waals surface area contributed by atoms with E-state index in [1.54, 1.807) is 43.3 Å². The van der Waals surface area contributed by atoms with Crippen molar-refractivity contribution in [2.75, 3.05) is 13.7 Å². The van der Waals surface area contributed by atoms with E-state index in [-0.39, 0.29) is 6.61 Å². The van der Waals surface area contributed by atoms with E-state index in [1.165, 1.54) is 7.11 Å². The van der Waals surface area contributed by atoms with Crippen molar-refractivity contribution in [3.63, 3.8) is 0 Å². The van der Waals surface area contributed by atoms with Gasteiger partial charge >= 0.3 is 5.97 Å². The largest absolute Gasteiger partial charge is 0.493 e. The third kappa shape index (κ3) is 5.61. The second-order valence-electron chi connectivity index (χ2n) is 6.35. The molecule has 2 atom stereocenters. The van der Waals surface area contributed by atoms with Crippen LogP contribution in [-0.2, 0) is 16.0 Å². The quantitative estimate of drug-likeness (QED) is 0.615. The van der Waals surface area contributed by atoms with Crippen LogP contribution in [0.2, 0.25) is 0 Å². The number of methoxy groups -OCH3 is 1. The van der Waals surface area contributed by atoms with Crippen LogP contribution in [0.5, 0.6) is 11.5 Å². The minimum Gasteiger partial charge on any atom is -0.493 e. The van der Waals surface area contributed by atoms with Crippen LogP contribution in [0.25, 0.3) is 0 Å². The molecule has 2 unspecified atom stereocenters. The maximum absolute atomic E-state index is 12.4. The molecule has 6 heteroatoms. The topological polar surface area (TPSA) is 84.9 Å². The van der Waals surface area contributed by atoms with E-state index in [0.29, 0.717) is 17.9 Å². The summed E-state index contributed by atoms with van der Waals surface area (Å²) in [5, 5.41) is 12.1. The highest BCUT2D eigenvalue weighted by molar-refractivity contribution is 5.79. The Morgan fingerprint density at radius 1 is 1.18 bits per heavy atom. The Morgan fingerprint density at radius 3 is 2.50 bits per heavy atom. The molecule has 0 radical (unpaired) electrons. The number of carbonyl (C=O) groups is 2. The van der Waals surface area contributed by atoms with Crippen molar-refractivity contribution in [2.24, 2.45) is 5.92 Å². The van der Waals surface area contributed by atoms with Crippen LogP contribution in [0, 0.1) is 5.92 Å². The summed E-state index contributed by atoms with van der Waals surface area (Å²) in [6.07, 6.45) is 2.49. The lowest BCUT2D eigenvalue weighted by molar-refractivity contribution is -0.142. The summed E-state index contributed by atoms with van der Waals surface area (Å²) in [6.45, 7) is 5.01. The van der Waals surface area contributed by atoms with Gasteiger partial charge in [-0.15, -0.1) is 6.58 Å². The molecule has 0 aliphatic heterocycles. The van der Waals surface area contributed by atoms with Gasteiger partial charge in [-0.25, -0.2) is 0 Å². The number of benzene rings is 2. The van der Waals surface area contributed by atoms with Gasteiger partial charge in [0.25, 0.3) is 5.91 Å². The number of ether oxygens (including phenoxy) is 2. The smallest absolute Gasteiger partial charge is 0.308 e. The summed E-state index contributed by atoms with van der Waals surface area (Å²) in [7, 11) is 1.53. The maximum Gasteiger partial charge on any atom is 0.308 e. The van der Waals surface area contributed by atoms with Gasteiger partial charge in [-0.2, -0.15) is 0 Å². The van der Waals surface area contributed by atoms with Gasteiger partial charge in [0.05, 0.1) is 19.1 Å². The molecule has 2 rings (SSSR count). The Balaban J connectivity index is 2.07. The molecule has 2 N–H and O–H groups in total. The number of hydrogen-bond acceptors (Lipinski definition) is 4. The Labute approximate surface area is 164 Å². The number of nitrogens with one attached hydrogen (secondary N) is 1. The van der Waals surface area contributed by atoms with Crippen LogP contribution in [-0.4, -0.2) is 30.7 Å². The van der Waals surface area contributed by atoms with E-state index in [1.807, 2.05) is 18.2 Å². The predicted octanol–water partition coefficient (Wildman–Crippen LogP) is 3.38. The highest BCUT2D eigenvalue weighted by atomic mass is 16.5. The molecule has 0 heterocycles. The monoisotopic (exact) mass is 383 g/mol. The molecule has 2 aromatic rings. The molecule has 0 saturated heterocycles. The molecule has 0 fully saturated rings. The normalized spacial score (nSPS) is 12.5. The van der Waals surface area contributed by atoms with Crippen LogP contribution in [0.4, 0.5) is 0 Å². The molecular formula is C22H25NO5. The molecule has 148 valence electrons. The van der Waals surface area contributed by atoms with Crippen molar-refractivity contribution < 1.29 is 24.2 Å². The van der Waals surface area contributed by atoms with Gasteiger partial charge in [-0.05, 0) is 36.6 Å². The number of carboxylic acid groups (broad SMARTS) is 1. The van der Waals surface area contributed by atoms with Gasteiger partial charge in [0.1, 0.15) is 0 Å². The molecule has 0 bridgehead atoms. The fourth-order valence-corrected chi connectivity index (χ4v) is 2.78. The summed E-state index contributed by atoms with van der Waals surface area (Å²) < 4.78 is 10.9. The Kier molecular flexibility index (Phi) is 7.63. The number of aliphatic carboxylic acids is 1. The lowest BCUT2D eigenvalue weighted by Gasteiger charge is -2.23. The van der Waals surface area contributed by atoms with Gasteiger partial charge in [0.2, 0.25) is 0 Å². The highest BCUT2D eigenvalue weighted by Crippen LogP contribution is 2.28. The molecule has 0 spiro atoms. The summed E-state index contributed by atoms with van der Waals surface area (Å²) >= 11 is 0. The molecule has 28 heavy (non-hydrogen) atoms. The van der Waals surface area contributed by atoms with E-state index in [4.69, 9.17) is 9.47 Å². The molecule has 0 aliphatic carbocycles. The molecule has 6 nitrogen and oxygen atoms in total. The first-order valence-electron chi connectivity index (χ1n) is 8.94. The molecule has 0 aromatic heterocycles. The molecule has 1 amide bonds. The zero-order valence-electron chi connectivity index (χ0n) is 16.1. The third-order valence-corrected chi connectivity index (χ3v) is 4.33. The third-order valence-electron chi connectivity index (χ3n) is 4.33. The summed E-state index contributed by atoms with van der Waals surface area (Å²) in [5.41, 5.74) is 1.74. The number of hydrogen-bond donors (Lipinski definition) is 2. The van der Waals surface area contributed by atoms with E-state index in [0.717, 1.165) is 11.1 Å². The maximum atomic E-state index is 12.4. The fourth-order valence-electron chi connectivity index (χ4n) is 2.78. The second-order valence-corrected chi connectivity index (χ2v) is 6.35. The Morgan fingerprint density at radius 2 is 1.89 bits per heavy atom. The van der Waals surface area contributed by atoms with Crippen LogP contribution in [0.3, 0.4) is 0 Å². The van der Waals surface area contributed by atoms with E-state index < -0.39 is 23.8 Å². The average Bonchev–Trinajstić information content (AvgIpc) is 2.71. The fraction of sp³-hybridized carbons (Fsp3) is 0.273. The zero-order chi connectivity index (χ0) is 20.5. The first-order valence-corrected chi connectivity index (χ1v) is 8.94. The molecule has 2 aromatic carbocycles. The first kappa shape index (κ1) is 21.0. The van der Waals surface area contributed by atoms with Crippen molar-refractivity contribution in [1.82, 2.24) is 5.32 Å². The lowest BCUT2D eigenvalue weighted by Crippen LogP contribution is -2.38. The number of carboxylic acids is 1. The number of rotatable bonds is 10. The lowest BCUT2D eigenvalue weighted by atomic mass is 9.94. The van der Waals surface area contributed by atoms with E-state index >= 15 is 0 Å². The van der Waals surface area contributed by atoms with Crippen LogP contribution in [0.15, 0.2) is 61.2 Å². The highest BCUT2D eigenvalue weighted by Gasteiger charge is 2.26. The minimum atomic E-state index is -0.991. The van der Waals surface area contributed by atoms with Crippen molar-refractivity contribution in [1.29, 1.82) is 0 Å². The van der Waals surface area contributed by atoms with Crippen LogP contribution in [0.1, 0.15) is 24.1 Å². The minimum absolute atomic E-state index is 0.257. The van der Waals surface area contributed by atoms with E-state index in [2.05, 4.69) is 11.9 Å². The second kappa shape index (κ2) is 10.2. The zero-order valence-corrected chi connectivity index (χ0v) is 16.1. The SMILES string of the molecule is C=CCc1ccc(OCC(=O)NC(c2ccccc2)C(C)C(=O)O)c(OC)c1. The van der Waals surface area contributed by atoms with E-state index in [9.17, 15) is 14.7 Å².